The second kappa shape index (κ2) is 11.5. The first-order valence-corrected chi connectivity index (χ1v) is 11.5. The van der Waals surface area contributed by atoms with E-state index >= 15 is 0 Å². The molecule has 0 spiro atoms. The minimum atomic E-state index is -0.185. The molecule has 4 heteroatoms. The Bertz CT molecular complexity index is 958. The van der Waals surface area contributed by atoms with Crippen molar-refractivity contribution in [3.8, 4) is 0 Å². The molecule has 4 nitrogen and oxygen atoms in total. The summed E-state index contributed by atoms with van der Waals surface area (Å²) < 4.78 is 0. The van der Waals surface area contributed by atoms with Crippen molar-refractivity contribution < 1.29 is 4.79 Å². The summed E-state index contributed by atoms with van der Waals surface area (Å²) >= 11 is 0. The molecule has 0 radical (unpaired) electrons. The Balaban J connectivity index is 1.74. The van der Waals surface area contributed by atoms with E-state index in [4.69, 9.17) is 0 Å². The topological polar surface area (TPSA) is 53.2 Å². The molecule has 168 valence electrons. The summed E-state index contributed by atoms with van der Waals surface area (Å²) in [5.41, 5.74) is 5.54. The van der Waals surface area contributed by atoms with Gasteiger partial charge in [-0.1, -0.05) is 107 Å². The van der Waals surface area contributed by atoms with Gasteiger partial charge in [-0.05, 0) is 34.1 Å². The van der Waals surface area contributed by atoms with E-state index in [1.165, 1.54) is 5.56 Å². The lowest BCUT2D eigenvalue weighted by Crippen LogP contribution is -2.38. The third-order valence-corrected chi connectivity index (χ3v) is 5.64. The van der Waals surface area contributed by atoms with Crippen LogP contribution in [-0.2, 0) is 6.54 Å². The summed E-state index contributed by atoms with van der Waals surface area (Å²) in [7, 11) is 0. The monoisotopic (exact) mass is 429 g/mol. The first-order chi connectivity index (χ1) is 15.5. The first-order valence-electron chi connectivity index (χ1n) is 11.5. The Hall–Kier alpha value is -3.11. The van der Waals surface area contributed by atoms with Crippen LogP contribution < -0.4 is 16.0 Å². The van der Waals surface area contributed by atoms with Gasteiger partial charge in [0.15, 0.2) is 0 Å². The number of para-hydroxylation sites is 1. The molecular formula is C28H35N3O. The second-order valence-corrected chi connectivity index (χ2v) is 8.80. The molecule has 1 atom stereocenters. The molecule has 2 amide bonds. The van der Waals surface area contributed by atoms with Crippen molar-refractivity contribution in [2.45, 2.75) is 52.1 Å². The highest BCUT2D eigenvalue weighted by atomic mass is 16.2. The maximum absolute atomic E-state index is 13.1. The molecule has 0 bridgehead atoms. The minimum absolute atomic E-state index is 0.145. The fourth-order valence-electron chi connectivity index (χ4n) is 3.90. The Labute approximate surface area is 192 Å². The van der Waals surface area contributed by atoms with Gasteiger partial charge in [-0.25, -0.2) is 4.79 Å². The zero-order valence-electron chi connectivity index (χ0n) is 19.6. The van der Waals surface area contributed by atoms with Gasteiger partial charge in [0.1, 0.15) is 0 Å². The number of benzene rings is 3. The highest BCUT2D eigenvalue weighted by Gasteiger charge is 2.19. The summed E-state index contributed by atoms with van der Waals surface area (Å²) in [6.45, 7) is 10.0. The molecule has 0 fully saturated rings. The molecular weight excluding hydrogens is 394 g/mol. The van der Waals surface area contributed by atoms with Crippen LogP contribution in [0.3, 0.4) is 0 Å². The van der Waals surface area contributed by atoms with E-state index in [-0.39, 0.29) is 12.1 Å². The number of rotatable bonds is 9. The van der Waals surface area contributed by atoms with Crippen LogP contribution in [0.4, 0.5) is 10.5 Å². The molecule has 1 unspecified atom stereocenters. The SMILES string of the molecule is CC(C)c1cccc(C(C)C)c1NC(=O)NC(CNCc1ccccc1)c1ccccc1. The number of carbonyl (C=O) groups is 1. The average Bonchev–Trinajstić information content (AvgIpc) is 2.79. The highest BCUT2D eigenvalue weighted by Crippen LogP contribution is 2.32. The first kappa shape index (κ1) is 23.6. The van der Waals surface area contributed by atoms with Crippen molar-refractivity contribution in [3.63, 3.8) is 0 Å². The van der Waals surface area contributed by atoms with Gasteiger partial charge in [-0.2, -0.15) is 0 Å². The van der Waals surface area contributed by atoms with Crippen molar-refractivity contribution in [3.05, 3.63) is 101 Å². The van der Waals surface area contributed by atoms with Crippen LogP contribution in [0.15, 0.2) is 78.9 Å². The van der Waals surface area contributed by atoms with Gasteiger partial charge in [0.05, 0.1) is 6.04 Å². The van der Waals surface area contributed by atoms with Gasteiger partial charge < -0.3 is 16.0 Å². The molecule has 0 heterocycles. The van der Waals surface area contributed by atoms with Crippen LogP contribution in [0.2, 0.25) is 0 Å². The molecule has 3 aromatic rings. The van der Waals surface area contributed by atoms with Crippen LogP contribution in [-0.4, -0.2) is 12.6 Å². The Kier molecular flexibility index (Phi) is 8.46. The van der Waals surface area contributed by atoms with Crippen molar-refractivity contribution in [1.82, 2.24) is 10.6 Å². The molecule has 0 saturated heterocycles. The number of hydrogen-bond donors (Lipinski definition) is 3. The van der Waals surface area contributed by atoms with Gasteiger partial charge >= 0.3 is 6.03 Å². The van der Waals surface area contributed by atoms with Crippen LogP contribution in [0.25, 0.3) is 0 Å². The second-order valence-electron chi connectivity index (χ2n) is 8.80. The smallest absolute Gasteiger partial charge is 0.319 e. The zero-order chi connectivity index (χ0) is 22.9. The molecule has 0 saturated carbocycles. The number of hydrogen-bond acceptors (Lipinski definition) is 2. The van der Waals surface area contributed by atoms with Gasteiger partial charge in [0, 0.05) is 18.8 Å². The summed E-state index contributed by atoms with van der Waals surface area (Å²) in [6, 6.07) is 26.3. The third-order valence-electron chi connectivity index (χ3n) is 5.64. The summed E-state index contributed by atoms with van der Waals surface area (Å²) in [4.78, 5) is 13.1. The van der Waals surface area contributed by atoms with E-state index in [0.717, 1.165) is 28.9 Å². The highest BCUT2D eigenvalue weighted by molar-refractivity contribution is 5.91. The molecule has 0 aliphatic carbocycles. The molecule has 3 rings (SSSR count). The van der Waals surface area contributed by atoms with E-state index in [1.54, 1.807) is 0 Å². The molecule has 3 aromatic carbocycles. The molecule has 32 heavy (non-hydrogen) atoms. The van der Waals surface area contributed by atoms with Crippen LogP contribution in [0, 0.1) is 0 Å². The standard InChI is InChI=1S/C28H35N3O/c1-20(2)24-16-11-17-25(21(3)4)27(24)31-28(32)30-26(23-14-9-6-10-15-23)19-29-18-22-12-7-5-8-13-22/h5-17,20-21,26,29H,18-19H2,1-4H3,(H2,30,31,32). The average molecular weight is 430 g/mol. The van der Waals surface area contributed by atoms with Crippen molar-refractivity contribution >= 4 is 11.7 Å². The molecule has 0 aliphatic rings. The van der Waals surface area contributed by atoms with Gasteiger partial charge in [-0.15, -0.1) is 0 Å². The quantitative estimate of drug-likeness (QED) is 0.359. The predicted molar refractivity (Wildman–Crippen MR) is 134 cm³/mol. The van der Waals surface area contributed by atoms with Gasteiger partial charge in [0.25, 0.3) is 0 Å². The zero-order valence-corrected chi connectivity index (χ0v) is 19.6. The third kappa shape index (κ3) is 6.44. The maximum atomic E-state index is 13.1. The van der Waals surface area contributed by atoms with Crippen molar-refractivity contribution in [2.24, 2.45) is 0 Å². The maximum Gasteiger partial charge on any atom is 0.319 e. The summed E-state index contributed by atoms with van der Waals surface area (Å²) in [5, 5.41) is 9.85. The van der Waals surface area contributed by atoms with Crippen molar-refractivity contribution in [2.75, 3.05) is 11.9 Å². The lowest BCUT2D eigenvalue weighted by molar-refractivity contribution is 0.248. The Morgan fingerprint density at radius 1 is 0.750 bits per heavy atom. The van der Waals surface area contributed by atoms with Crippen molar-refractivity contribution in [1.29, 1.82) is 0 Å². The van der Waals surface area contributed by atoms with Crippen LogP contribution >= 0.6 is 0 Å². The molecule has 0 aliphatic heterocycles. The van der Waals surface area contributed by atoms with E-state index in [9.17, 15) is 4.79 Å². The normalized spacial score (nSPS) is 12.1. The van der Waals surface area contributed by atoms with E-state index in [0.29, 0.717) is 18.4 Å². The van der Waals surface area contributed by atoms with Crippen LogP contribution in [0.1, 0.15) is 67.8 Å². The summed E-state index contributed by atoms with van der Waals surface area (Å²) in [6.07, 6.45) is 0. The molecule has 3 N–H and O–H groups in total. The van der Waals surface area contributed by atoms with Gasteiger partial charge in [-0.3, -0.25) is 0 Å². The van der Waals surface area contributed by atoms with E-state index < -0.39 is 0 Å². The lowest BCUT2D eigenvalue weighted by atomic mass is 9.93. The summed E-state index contributed by atoms with van der Waals surface area (Å²) in [5.74, 6) is 0.642. The Morgan fingerprint density at radius 2 is 1.31 bits per heavy atom. The largest absolute Gasteiger partial charge is 0.330 e. The molecule has 0 aromatic heterocycles. The number of nitrogens with one attached hydrogen (secondary N) is 3. The fraction of sp³-hybridized carbons (Fsp3) is 0.321. The van der Waals surface area contributed by atoms with E-state index in [2.05, 4.69) is 86.1 Å². The van der Waals surface area contributed by atoms with E-state index in [1.807, 2.05) is 36.4 Å². The van der Waals surface area contributed by atoms with Gasteiger partial charge in [0.2, 0.25) is 0 Å². The number of anilines is 1. The Morgan fingerprint density at radius 3 is 1.88 bits per heavy atom. The fourth-order valence-corrected chi connectivity index (χ4v) is 3.90. The number of amides is 2. The predicted octanol–water partition coefficient (Wildman–Crippen LogP) is 6.59. The number of carbonyl (C=O) groups excluding carboxylic acids is 1. The van der Waals surface area contributed by atoms with Crippen LogP contribution in [0.5, 0.6) is 0 Å². The minimum Gasteiger partial charge on any atom is -0.330 e. The lowest BCUT2D eigenvalue weighted by Gasteiger charge is -2.23. The number of urea groups is 1.